The first-order chi connectivity index (χ1) is 7.18. The quantitative estimate of drug-likeness (QED) is 0.769. The lowest BCUT2D eigenvalue weighted by atomic mass is 10.2. The summed E-state index contributed by atoms with van der Waals surface area (Å²) >= 11 is 7.85. The Morgan fingerprint density at radius 1 is 1.60 bits per heavy atom. The van der Waals surface area contributed by atoms with Crippen molar-refractivity contribution in [3.8, 4) is 0 Å². The Hall–Kier alpha value is -0.610. The summed E-state index contributed by atoms with van der Waals surface area (Å²) in [6.45, 7) is 3.18. The van der Waals surface area contributed by atoms with Crippen molar-refractivity contribution < 1.29 is 0 Å². The van der Waals surface area contributed by atoms with Crippen LogP contribution < -0.4 is 10.6 Å². The molecule has 0 spiro atoms. The molecule has 1 unspecified atom stereocenters. The predicted octanol–water partition coefficient (Wildman–Crippen LogP) is 2.26. The first-order valence-electron chi connectivity index (χ1n) is 4.95. The van der Waals surface area contributed by atoms with Gasteiger partial charge in [-0.2, -0.15) is 11.8 Å². The number of nitrogens with two attached hydrogens (primary N) is 1. The molecule has 1 fully saturated rings. The summed E-state index contributed by atoms with van der Waals surface area (Å²) in [6.07, 6.45) is 0. The molecule has 1 atom stereocenters. The van der Waals surface area contributed by atoms with Crippen molar-refractivity contribution in [1.82, 2.24) is 4.98 Å². The molecule has 1 aromatic heterocycles. The maximum atomic E-state index is 5.91. The highest BCUT2D eigenvalue weighted by Gasteiger charge is 2.21. The molecule has 5 heteroatoms. The highest BCUT2D eigenvalue weighted by atomic mass is 35.5. The highest BCUT2D eigenvalue weighted by molar-refractivity contribution is 7.99. The third-order valence-corrected chi connectivity index (χ3v) is 3.91. The van der Waals surface area contributed by atoms with E-state index < -0.39 is 0 Å². The van der Waals surface area contributed by atoms with Crippen LogP contribution in [0.4, 0.5) is 11.5 Å². The maximum Gasteiger partial charge on any atom is 0.153 e. The molecule has 1 aromatic rings. The van der Waals surface area contributed by atoms with Gasteiger partial charge in [-0.15, -0.1) is 0 Å². The standard InChI is InChI=1S/C10H14ClN3S/c1-7-6-15-5-4-14(7)10-8(12)2-3-9(11)13-10/h2-3,7H,4-6,12H2,1H3. The topological polar surface area (TPSA) is 42.2 Å². The van der Waals surface area contributed by atoms with E-state index in [1.165, 1.54) is 0 Å². The number of aromatic nitrogens is 1. The van der Waals surface area contributed by atoms with E-state index in [9.17, 15) is 0 Å². The zero-order valence-electron chi connectivity index (χ0n) is 8.61. The van der Waals surface area contributed by atoms with Gasteiger partial charge < -0.3 is 10.6 Å². The van der Waals surface area contributed by atoms with Gasteiger partial charge in [0.05, 0.1) is 5.69 Å². The van der Waals surface area contributed by atoms with E-state index in [2.05, 4.69) is 16.8 Å². The first-order valence-corrected chi connectivity index (χ1v) is 6.48. The molecule has 0 radical (unpaired) electrons. The highest BCUT2D eigenvalue weighted by Crippen LogP contribution is 2.28. The smallest absolute Gasteiger partial charge is 0.153 e. The van der Waals surface area contributed by atoms with E-state index >= 15 is 0 Å². The lowest BCUT2D eigenvalue weighted by molar-refractivity contribution is 0.691. The van der Waals surface area contributed by atoms with Gasteiger partial charge in [0.25, 0.3) is 0 Å². The van der Waals surface area contributed by atoms with E-state index in [4.69, 9.17) is 17.3 Å². The number of pyridine rings is 1. The van der Waals surface area contributed by atoms with Gasteiger partial charge in [0, 0.05) is 24.1 Å². The predicted molar refractivity (Wildman–Crippen MR) is 67.8 cm³/mol. The summed E-state index contributed by atoms with van der Waals surface area (Å²) in [5, 5.41) is 0.504. The molecule has 82 valence electrons. The Balaban J connectivity index is 2.30. The maximum absolute atomic E-state index is 5.91. The molecule has 0 aromatic carbocycles. The van der Waals surface area contributed by atoms with E-state index in [0.29, 0.717) is 16.9 Å². The zero-order chi connectivity index (χ0) is 10.8. The molecule has 0 bridgehead atoms. The average molecular weight is 244 g/mol. The second kappa shape index (κ2) is 4.49. The number of nitrogens with zero attached hydrogens (tertiary/aromatic N) is 2. The molecule has 3 nitrogen and oxygen atoms in total. The fraction of sp³-hybridized carbons (Fsp3) is 0.500. The summed E-state index contributed by atoms with van der Waals surface area (Å²) < 4.78 is 0. The lowest BCUT2D eigenvalue weighted by Crippen LogP contribution is -2.41. The molecule has 0 amide bonds. The average Bonchev–Trinajstić information content (AvgIpc) is 2.23. The molecule has 0 saturated carbocycles. The normalized spacial score (nSPS) is 21.7. The van der Waals surface area contributed by atoms with E-state index in [1.54, 1.807) is 6.07 Å². The van der Waals surface area contributed by atoms with Gasteiger partial charge in [-0.3, -0.25) is 0 Å². The van der Waals surface area contributed by atoms with Crippen LogP contribution >= 0.6 is 23.4 Å². The van der Waals surface area contributed by atoms with Crippen LogP contribution in [0.5, 0.6) is 0 Å². The van der Waals surface area contributed by atoms with Crippen LogP contribution in [0.3, 0.4) is 0 Å². The van der Waals surface area contributed by atoms with Crippen molar-refractivity contribution >= 4 is 34.9 Å². The summed E-state index contributed by atoms with van der Waals surface area (Å²) in [4.78, 5) is 6.54. The molecule has 1 aliphatic heterocycles. The number of anilines is 2. The van der Waals surface area contributed by atoms with Crippen LogP contribution in [0.1, 0.15) is 6.92 Å². The van der Waals surface area contributed by atoms with Gasteiger partial charge in [-0.05, 0) is 19.1 Å². The van der Waals surface area contributed by atoms with Crippen molar-refractivity contribution in [3.05, 3.63) is 17.3 Å². The van der Waals surface area contributed by atoms with Crippen LogP contribution in [0.2, 0.25) is 5.15 Å². The fourth-order valence-corrected chi connectivity index (χ4v) is 2.86. The molecular weight excluding hydrogens is 230 g/mol. The molecule has 1 saturated heterocycles. The van der Waals surface area contributed by atoms with Crippen LogP contribution in [0.25, 0.3) is 0 Å². The zero-order valence-corrected chi connectivity index (χ0v) is 10.2. The number of thioether (sulfide) groups is 1. The Morgan fingerprint density at radius 3 is 3.13 bits per heavy atom. The van der Waals surface area contributed by atoms with E-state index in [0.717, 1.165) is 23.9 Å². The fourth-order valence-electron chi connectivity index (χ4n) is 1.71. The first kappa shape index (κ1) is 10.9. The minimum Gasteiger partial charge on any atom is -0.396 e. The van der Waals surface area contributed by atoms with Crippen molar-refractivity contribution in [1.29, 1.82) is 0 Å². The molecule has 2 N–H and O–H groups in total. The number of nitrogen functional groups attached to an aromatic ring is 1. The summed E-state index contributed by atoms with van der Waals surface area (Å²) in [5.74, 6) is 3.07. The number of rotatable bonds is 1. The van der Waals surface area contributed by atoms with E-state index in [1.807, 2.05) is 17.8 Å². The molecule has 0 aliphatic carbocycles. The number of halogens is 1. The summed E-state index contributed by atoms with van der Waals surface area (Å²) in [6, 6.07) is 4.01. The number of hydrogen-bond donors (Lipinski definition) is 1. The lowest BCUT2D eigenvalue weighted by Gasteiger charge is -2.34. The van der Waals surface area contributed by atoms with Crippen LogP contribution in [-0.2, 0) is 0 Å². The Labute approximate surface area is 99.0 Å². The van der Waals surface area contributed by atoms with Crippen molar-refractivity contribution in [2.24, 2.45) is 0 Å². The molecule has 2 rings (SSSR count). The summed E-state index contributed by atoms with van der Waals surface area (Å²) in [7, 11) is 0. The van der Waals surface area contributed by atoms with Gasteiger partial charge in [-0.25, -0.2) is 4.98 Å². The summed E-state index contributed by atoms with van der Waals surface area (Å²) in [5.41, 5.74) is 6.62. The van der Waals surface area contributed by atoms with Gasteiger partial charge in [-0.1, -0.05) is 11.6 Å². The number of hydrogen-bond acceptors (Lipinski definition) is 4. The SMILES string of the molecule is CC1CSCCN1c1nc(Cl)ccc1N. The van der Waals surface area contributed by atoms with E-state index in [-0.39, 0.29) is 0 Å². The molecule has 1 aliphatic rings. The second-order valence-electron chi connectivity index (χ2n) is 3.66. The van der Waals surface area contributed by atoms with Gasteiger partial charge >= 0.3 is 0 Å². The second-order valence-corrected chi connectivity index (χ2v) is 5.20. The third-order valence-electron chi connectivity index (χ3n) is 2.51. The van der Waals surface area contributed by atoms with Gasteiger partial charge in [0.2, 0.25) is 0 Å². The van der Waals surface area contributed by atoms with Gasteiger partial charge in [0.15, 0.2) is 5.82 Å². The monoisotopic (exact) mass is 243 g/mol. The third kappa shape index (κ3) is 2.32. The van der Waals surface area contributed by atoms with Crippen molar-refractivity contribution in [3.63, 3.8) is 0 Å². The van der Waals surface area contributed by atoms with Crippen LogP contribution in [0, 0.1) is 0 Å². The Morgan fingerprint density at radius 2 is 2.40 bits per heavy atom. The van der Waals surface area contributed by atoms with Gasteiger partial charge in [0.1, 0.15) is 5.15 Å². The van der Waals surface area contributed by atoms with Crippen molar-refractivity contribution in [2.75, 3.05) is 28.7 Å². The van der Waals surface area contributed by atoms with Crippen LogP contribution in [0.15, 0.2) is 12.1 Å². The minimum absolute atomic E-state index is 0.469. The largest absolute Gasteiger partial charge is 0.396 e. The molecular formula is C10H14ClN3S. The van der Waals surface area contributed by atoms with Crippen LogP contribution in [-0.4, -0.2) is 29.1 Å². The Kier molecular flexibility index (Phi) is 3.26. The minimum atomic E-state index is 0.469. The molecule has 2 heterocycles. The Bertz CT molecular complexity index is 359. The molecule has 15 heavy (non-hydrogen) atoms. The van der Waals surface area contributed by atoms with Crippen molar-refractivity contribution in [2.45, 2.75) is 13.0 Å².